The lowest BCUT2D eigenvalue weighted by Crippen LogP contribution is -2.26. The lowest BCUT2D eigenvalue weighted by Gasteiger charge is -2.17. The van der Waals surface area contributed by atoms with Crippen LogP contribution in [0.1, 0.15) is 44.4 Å². The molecule has 1 N–H and O–H groups in total. The maximum Gasteiger partial charge on any atom is 0.220 e. The first-order chi connectivity index (χ1) is 12.5. The Hall–Kier alpha value is -2.56. The van der Waals surface area contributed by atoms with Crippen LogP contribution < -0.4 is 14.8 Å². The molecule has 0 aromatic heterocycles. The SMILES string of the molecule is CCOc1ccc([C@H](C)NC(=O)CCc2ccc(F)cc2)cc1OCC. The summed E-state index contributed by atoms with van der Waals surface area (Å²) < 4.78 is 24.1. The van der Waals surface area contributed by atoms with E-state index in [1.807, 2.05) is 39.0 Å². The van der Waals surface area contributed by atoms with Crippen LogP contribution in [-0.2, 0) is 11.2 Å². The molecule has 0 fully saturated rings. The molecular weight excluding hydrogens is 333 g/mol. The minimum absolute atomic E-state index is 0.0475. The fraction of sp³-hybridized carbons (Fsp3) is 0.381. The summed E-state index contributed by atoms with van der Waals surface area (Å²) in [5.41, 5.74) is 1.89. The van der Waals surface area contributed by atoms with E-state index in [4.69, 9.17) is 9.47 Å². The summed E-state index contributed by atoms with van der Waals surface area (Å²) in [5, 5.41) is 2.99. The first-order valence-electron chi connectivity index (χ1n) is 8.96. The maximum absolute atomic E-state index is 12.9. The molecule has 0 spiro atoms. The van der Waals surface area contributed by atoms with Crippen molar-refractivity contribution in [1.29, 1.82) is 0 Å². The number of aryl methyl sites for hydroxylation is 1. The molecule has 26 heavy (non-hydrogen) atoms. The van der Waals surface area contributed by atoms with Crippen molar-refractivity contribution in [2.45, 2.75) is 39.7 Å². The van der Waals surface area contributed by atoms with Crippen LogP contribution in [0.2, 0.25) is 0 Å². The van der Waals surface area contributed by atoms with Gasteiger partial charge < -0.3 is 14.8 Å². The minimum atomic E-state index is -0.271. The Morgan fingerprint density at radius 2 is 1.69 bits per heavy atom. The van der Waals surface area contributed by atoms with Gasteiger partial charge in [0.25, 0.3) is 0 Å². The van der Waals surface area contributed by atoms with Gasteiger partial charge in [0, 0.05) is 6.42 Å². The second-order valence-electron chi connectivity index (χ2n) is 5.99. The quantitative estimate of drug-likeness (QED) is 0.720. The van der Waals surface area contributed by atoms with Gasteiger partial charge in [-0.15, -0.1) is 0 Å². The van der Waals surface area contributed by atoms with Gasteiger partial charge in [-0.05, 0) is 62.6 Å². The van der Waals surface area contributed by atoms with Gasteiger partial charge in [0.2, 0.25) is 5.91 Å². The molecule has 4 nitrogen and oxygen atoms in total. The van der Waals surface area contributed by atoms with Gasteiger partial charge >= 0.3 is 0 Å². The zero-order valence-electron chi connectivity index (χ0n) is 15.5. The number of rotatable bonds is 9. The summed E-state index contributed by atoms with van der Waals surface area (Å²) in [4.78, 5) is 12.2. The molecule has 0 radical (unpaired) electrons. The molecule has 0 heterocycles. The third-order valence-electron chi connectivity index (χ3n) is 4.00. The monoisotopic (exact) mass is 359 g/mol. The molecule has 1 atom stereocenters. The third-order valence-corrected chi connectivity index (χ3v) is 4.00. The van der Waals surface area contributed by atoms with E-state index in [2.05, 4.69) is 5.32 Å². The van der Waals surface area contributed by atoms with Gasteiger partial charge in [-0.1, -0.05) is 18.2 Å². The zero-order valence-corrected chi connectivity index (χ0v) is 15.5. The highest BCUT2D eigenvalue weighted by Crippen LogP contribution is 2.30. The molecule has 0 aliphatic carbocycles. The number of hydrogen-bond acceptors (Lipinski definition) is 3. The van der Waals surface area contributed by atoms with Gasteiger partial charge in [0.1, 0.15) is 5.82 Å². The molecular formula is C21H26FNO3. The van der Waals surface area contributed by atoms with E-state index in [1.165, 1.54) is 12.1 Å². The van der Waals surface area contributed by atoms with Gasteiger partial charge in [0.05, 0.1) is 19.3 Å². The van der Waals surface area contributed by atoms with Crippen LogP contribution in [0.3, 0.4) is 0 Å². The molecule has 0 aliphatic rings. The lowest BCUT2D eigenvalue weighted by atomic mass is 10.1. The molecule has 0 bridgehead atoms. The Bertz CT molecular complexity index is 716. The number of benzene rings is 2. The lowest BCUT2D eigenvalue weighted by molar-refractivity contribution is -0.121. The molecule has 140 valence electrons. The summed E-state index contributed by atoms with van der Waals surface area (Å²) in [6.07, 6.45) is 0.928. The predicted octanol–water partition coefficient (Wildman–Crippen LogP) is 4.43. The van der Waals surface area contributed by atoms with E-state index in [-0.39, 0.29) is 17.8 Å². The van der Waals surface area contributed by atoms with Crippen molar-refractivity contribution in [3.8, 4) is 11.5 Å². The Morgan fingerprint density at radius 3 is 2.35 bits per heavy atom. The van der Waals surface area contributed by atoms with Gasteiger partial charge in [-0.3, -0.25) is 4.79 Å². The Labute approximate surface area is 154 Å². The van der Waals surface area contributed by atoms with Crippen molar-refractivity contribution in [2.75, 3.05) is 13.2 Å². The van der Waals surface area contributed by atoms with Crippen LogP contribution >= 0.6 is 0 Å². The van der Waals surface area contributed by atoms with Crippen molar-refractivity contribution in [1.82, 2.24) is 5.32 Å². The molecule has 5 heteroatoms. The molecule has 2 rings (SSSR count). The first-order valence-corrected chi connectivity index (χ1v) is 8.96. The number of hydrogen-bond donors (Lipinski definition) is 1. The molecule has 0 saturated carbocycles. The summed E-state index contributed by atoms with van der Waals surface area (Å²) in [6, 6.07) is 11.8. The minimum Gasteiger partial charge on any atom is -0.490 e. The largest absolute Gasteiger partial charge is 0.490 e. The van der Waals surface area contributed by atoms with E-state index >= 15 is 0 Å². The average Bonchev–Trinajstić information content (AvgIpc) is 2.63. The summed E-state index contributed by atoms with van der Waals surface area (Å²) in [6.45, 7) is 6.88. The number of ether oxygens (including phenoxy) is 2. The van der Waals surface area contributed by atoms with Gasteiger partial charge in [-0.25, -0.2) is 4.39 Å². The van der Waals surface area contributed by atoms with E-state index in [1.54, 1.807) is 12.1 Å². The number of nitrogens with one attached hydrogen (secondary N) is 1. The van der Waals surface area contributed by atoms with E-state index < -0.39 is 0 Å². The molecule has 2 aromatic carbocycles. The van der Waals surface area contributed by atoms with Gasteiger partial charge in [0.15, 0.2) is 11.5 Å². The fourth-order valence-electron chi connectivity index (χ4n) is 2.64. The number of carbonyl (C=O) groups excluding carboxylic acids is 1. The van der Waals surface area contributed by atoms with Crippen molar-refractivity contribution in [2.24, 2.45) is 0 Å². The smallest absolute Gasteiger partial charge is 0.220 e. The Kier molecular flexibility index (Phi) is 7.45. The van der Waals surface area contributed by atoms with Gasteiger partial charge in [-0.2, -0.15) is 0 Å². The van der Waals surface area contributed by atoms with Crippen molar-refractivity contribution in [3.63, 3.8) is 0 Å². The van der Waals surface area contributed by atoms with Crippen molar-refractivity contribution >= 4 is 5.91 Å². The number of carbonyl (C=O) groups is 1. The second kappa shape index (κ2) is 9.80. The standard InChI is InChI=1S/C21H26FNO3/c1-4-25-19-12-9-17(14-20(19)26-5-2)15(3)23-21(24)13-8-16-6-10-18(22)11-7-16/h6-7,9-12,14-15H,4-5,8,13H2,1-3H3,(H,23,24)/t15-/m0/s1. The number of halogens is 1. The summed E-state index contributed by atoms with van der Waals surface area (Å²) in [7, 11) is 0. The molecule has 2 aromatic rings. The maximum atomic E-state index is 12.9. The predicted molar refractivity (Wildman–Crippen MR) is 100 cm³/mol. The van der Waals surface area contributed by atoms with E-state index in [9.17, 15) is 9.18 Å². The van der Waals surface area contributed by atoms with Crippen LogP contribution in [0, 0.1) is 5.82 Å². The number of amides is 1. The van der Waals surface area contributed by atoms with E-state index in [0.29, 0.717) is 37.6 Å². The third kappa shape index (κ3) is 5.76. The summed E-state index contributed by atoms with van der Waals surface area (Å²) in [5.74, 6) is 1.06. The average molecular weight is 359 g/mol. The summed E-state index contributed by atoms with van der Waals surface area (Å²) >= 11 is 0. The zero-order chi connectivity index (χ0) is 18.9. The Balaban J connectivity index is 1.95. The van der Waals surface area contributed by atoms with E-state index in [0.717, 1.165) is 11.1 Å². The molecule has 0 saturated heterocycles. The second-order valence-corrected chi connectivity index (χ2v) is 5.99. The highest BCUT2D eigenvalue weighted by atomic mass is 19.1. The van der Waals surface area contributed by atoms with Crippen LogP contribution in [0.15, 0.2) is 42.5 Å². The van der Waals surface area contributed by atoms with Crippen LogP contribution in [0.4, 0.5) is 4.39 Å². The van der Waals surface area contributed by atoms with Crippen LogP contribution in [0.25, 0.3) is 0 Å². The highest BCUT2D eigenvalue weighted by Gasteiger charge is 2.13. The normalized spacial score (nSPS) is 11.7. The molecule has 0 unspecified atom stereocenters. The Morgan fingerprint density at radius 1 is 1.04 bits per heavy atom. The highest BCUT2D eigenvalue weighted by molar-refractivity contribution is 5.76. The van der Waals surface area contributed by atoms with Crippen molar-refractivity contribution in [3.05, 3.63) is 59.4 Å². The van der Waals surface area contributed by atoms with Crippen LogP contribution in [-0.4, -0.2) is 19.1 Å². The van der Waals surface area contributed by atoms with Crippen LogP contribution in [0.5, 0.6) is 11.5 Å². The topological polar surface area (TPSA) is 47.6 Å². The fourth-order valence-corrected chi connectivity index (χ4v) is 2.64. The first kappa shape index (κ1) is 19.8. The molecule has 0 aliphatic heterocycles. The molecule has 1 amide bonds. The van der Waals surface area contributed by atoms with Crippen molar-refractivity contribution < 1.29 is 18.7 Å².